The van der Waals surface area contributed by atoms with Gasteiger partial charge in [-0.2, -0.15) is 0 Å². The summed E-state index contributed by atoms with van der Waals surface area (Å²) in [4.78, 5) is 29.6. The molecule has 2 amide bonds. The van der Waals surface area contributed by atoms with Gasteiger partial charge in [-0.3, -0.25) is 9.59 Å². The molecule has 0 aromatic heterocycles. The summed E-state index contributed by atoms with van der Waals surface area (Å²) in [5.74, 6) is -1.70. The first-order valence-corrected chi connectivity index (χ1v) is 11.3. The molecule has 2 heterocycles. The van der Waals surface area contributed by atoms with Crippen molar-refractivity contribution in [3.05, 3.63) is 101 Å². The van der Waals surface area contributed by atoms with Crippen molar-refractivity contribution in [3.8, 4) is 0 Å². The van der Waals surface area contributed by atoms with E-state index in [-0.39, 0.29) is 18.4 Å². The molecule has 0 N–H and O–H groups in total. The van der Waals surface area contributed by atoms with Gasteiger partial charge in [-0.15, -0.1) is 11.8 Å². The van der Waals surface area contributed by atoms with Gasteiger partial charge in [0.1, 0.15) is 0 Å². The maximum Gasteiger partial charge on any atom is 0.268 e. The molecule has 1 saturated heterocycles. The third-order valence-electron chi connectivity index (χ3n) is 6.05. The van der Waals surface area contributed by atoms with Gasteiger partial charge in [0.25, 0.3) is 11.8 Å². The van der Waals surface area contributed by atoms with E-state index >= 15 is 0 Å². The van der Waals surface area contributed by atoms with Crippen LogP contribution < -0.4 is 4.90 Å². The van der Waals surface area contributed by atoms with E-state index in [1.165, 1.54) is 17.8 Å². The number of hydrogen-bond donors (Lipinski definition) is 0. The molecule has 5 rings (SSSR count). The molecule has 1 atom stereocenters. The van der Waals surface area contributed by atoms with Crippen LogP contribution in [0.3, 0.4) is 0 Å². The summed E-state index contributed by atoms with van der Waals surface area (Å²) in [6, 6.07) is 18.4. The molecule has 1 spiro atoms. The molecule has 162 valence electrons. The number of carbonyl (C=O) groups is 2. The van der Waals surface area contributed by atoms with E-state index in [1.54, 1.807) is 15.9 Å². The van der Waals surface area contributed by atoms with Gasteiger partial charge in [0.2, 0.25) is 0 Å². The summed E-state index contributed by atoms with van der Waals surface area (Å²) < 4.78 is 27.2. The summed E-state index contributed by atoms with van der Waals surface area (Å²) in [7, 11) is 0. The molecule has 0 bridgehead atoms. The highest BCUT2D eigenvalue weighted by atomic mass is 32.2. The number of anilines is 1. The molecule has 32 heavy (non-hydrogen) atoms. The molecule has 4 nitrogen and oxygen atoms in total. The second-order valence-corrected chi connectivity index (χ2v) is 9.21. The summed E-state index contributed by atoms with van der Waals surface area (Å²) in [5, 5.41) is 0. The maximum absolute atomic E-state index is 13.9. The Hall–Kier alpha value is -3.19. The fourth-order valence-corrected chi connectivity index (χ4v) is 5.96. The van der Waals surface area contributed by atoms with Crippen molar-refractivity contribution in [2.24, 2.45) is 0 Å². The Morgan fingerprint density at radius 3 is 2.56 bits per heavy atom. The fourth-order valence-electron chi connectivity index (χ4n) is 4.50. The molecular weight excluding hydrogens is 430 g/mol. The van der Waals surface area contributed by atoms with E-state index in [1.807, 2.05) is 49.4 Å². The highest BCUT2D eigenvalue weighted by Crippen LogP contribution is 2.54. The average Bonchev–Trinajstić information content (AvgIpc) is 3.33. The molecule has 1 unspecified atom stereocenters. The van der Waals surface area contributed by atoms with E-state index < -0.39 is 16.5 Å². The van der Waals surface area contributed by atoms with Crippen molar-refractivity contribution in [1.29, 1.82) is 0 Å². The maximum atomic E-state index is 13.9. The number of carbonyl (C=O) groups excluding carboxylic acids is 2. The zero-order chi connectivity index (χ0) is 22.5. The lowest BCUT2D eigenvalue weighted by Crippen LogP contribution is -2.50. The second kappa shape index (κ2) is 7.74. The number of hydrogen-bond acceptors (Lipinski definition) is 3. The van der Waals surface area contributed by atoms with Crippen LogP contribution in [0, 0.1) is 18.6 Å². The Balaban J connectivity index is 1.58. The molecule has 0 radical (unpaired) electrons. The second-order valence-electron chi connectivity index (χ2n) is 7.92. The van der Waals surface area contributed by atoms with Gasteiger partial charge < -0.3 is 9.80 Å². The first kappa shape index (κ1) is 20.7. The number of thioether (sulfide) groups is 1. The molecular formula is C25H20F2N2O2S. The lowest BCUT2D eigenvalue weighted by molar-refractivity contribution is -0.123. The van der Waals surface area contributed by atoms with E-state index in [4.69, 9.17) is 0 Å². The lowest BCUT2D eigenvalue weighted by Gasteiger charge is -2.33. The smallest absolute Gasteiger partial charge is 0.268 e. The van der Waals surface area contributed by atoms with Crippen LogP contribution in [-0.4, -0.2) is 29.0 Å². The van der Waals surface area contributed by atoms with Gasteiger partial charge in [0.05, 0.1) is 12.2 Å². The summed E-state index contributed by atoms with van der Waals surface area (Å²) in [5.41, 5.74) is 3.32. The fraction of sp³-hybridized carbons (Fsp3) is 0.200. The van der Waals surface area contributed by atoms with Crippen LogP contribution in [0.2, 0.25) is 0 Å². The molecule has 1 fully saturated rings. The van der Waals surface area contributed by atoms with E-state index in [0.717, 1.165) is 23.3 Å². The van der Waals surface area contributed by atoms with Crippen LogP contribution in [0.15, 0.2) is 66.7 Å². The first-order chi connectivity index (χ1) is 15.4. The SMILES string of the molecule is Cc1ccccc1C(=O)N1CCSC12C(=O)N(Cc1ccc(F)c(F)c1)c1ccccc12. The summed E-state index contributed by atoms with van der Waals surface area (Å²) >= 11 is 1.44. The number of rotatable bonds is 3. The molecule has 7 heteroatoms. The minimum absolute atomic E-state index is 0.0851. The topological polar surface area (TPSA) is 40.6 Å². The van der Waals surface area contributed by atoms with Gasteiger partial charge in [-0.1, -0.05) is 42.5 Å². The number of amides is 2. The van der Waals surface area contributed by atoms with Crippen LogP contribution >= 0.6 is 11.8 Å². The molecule has 0 aliphatic carbocycles. The molecule has 2 aliphatic rings. The van der Waals surface area contributed by atoms with Crippen LogP contribution in [0.5, 0.6) is 0 Å². The Morgan fingerprint density at radius 2 is 1.78 bits per heavy atom. The van der Waals surface area contributed by atoms with Gasteiger partial charge in [0.15, 0.2) is 16.5 Å². The standard InChI is InChI=1S/C25H20F2N2O2S/c1-16-6-2-3-7-18(16)23(30)29-12-13-32-25(29)19-8-4-5-9-22(19)28(24(25)31)15-17-10-11-20(26)21(27)14-17/h2-11,14H,12-13,15H2,1H3. The normalized spacial score (nSPS) is 19.7. The molecule has 0 saturated carbocycles. The number of nitrogens with zero attached hydrogens (tertiary/aromatic N) is 2. The van der Waals surface area contributed by atoms with Crippen LogP contribution in [-0.2, 0) is 16.2 Å². The van der Waals surface area contributed by atoms with Crippen LogP contribution in [0.1, 0.15) is 27.0 Å². The third-order valence-corrected chi connectivity index (χ3v) is 7.47. The predicted molar refractivity (Wildman–Crippen MR) is 120 cm³/mol. The van der Waals surface area contributed by atoms with E-state index in [9.17, 15) is 18.4 Å². The number of fused-ring (bicyclic) bond motifs is 2. The Bertz CT molecular complexity index is 1250. The van der Waals surface area contributed by atoms with Gasteiger partial charge in [-0.05, 0) is 42.3 Å². The average molecular weight is 451 g/mol. The first-order valence-electron chi connectivity index (χ1n) is 10.3. The molecule has 2 aliphatic heterocycles. The van der Waals surface area contributed by atoms with Crippen molar-refractivity contribution in [3.63, 3.8) is 0 Å². The minimum atomic E-state index is -1.17. The number of halogens is 2. The van der Waals surface area contributed by atoms with Crippen molar-refractivity contribution in [2.75, 3.05) is 17.2 Å². The quantitative estimate of drug-likeness (QED) is 0.572. The largest absolute Gasteiger partial charge is 0.311 e. The van der Waals surface area contributed by atoms with Crippen LogP contribution in [0.25, 0.3) is 0 Å². The number of aryl methyl sites for hydroxylation is 1. The van der Waals surface area contributed by atoms with Gasteiger partial charge >= 0.3 is 0 Å². The van der Waals surface area contributed by atoms with Crippen molar-refractivity contribution < 1.29 is 18.4 Å². The summed E-state index contributed by atoms with van der Waals surface area (Å²) in [6.45, 7) is 2.40. The molecule has 3 aromatic carbocycles. The molecule has 3 aromatic rings. The third kappa shape index (κ3) is 3.03. The van der Waals surface area contributed by atoms with E-state index in [0.29, 0.717) is 29.1 Å². The summed E-state index contributed by atoms with van der Waals surface area (Å²) in [6.07, 6.45) is 0. The highest BCUT2D eigenvalue weighted by molar-refractivity contribution is 8.01. The van der Waals surface area contributed by atoms with Crippen molar-refractivity contribution in [2.45, 2.75) is 18.3 Å². The Morgan fingerprint density at radius 1 is 1.03 bits per heavy atom. The number of para-hydroxylation sites is 1. The van der Waals surface area contributed by atoms with E-state index in [2.05, 4.69) is 0 Å². The zero-order valence-corrected chi connectivity index (χ0v) is 18.2. The van der Waals surface area contributed by atoms with Crippen LogP contribution in [0.4, 0.5) is 14.5 Å². The van der Waals surface area contributed by atoms with Gasteiger partial charge in [0, 0.05) is 23.4 Å². The monoisotopic (exact) mass is 450 g/mol. The number of benzene rings is 3. The Kier molecular flexibility index (Phi) is 5.01. The lowest BCUT2D eigenvalue weighted by atomic mass is 10.0. The zero-order valence-electron chi connectivity index (χ0n) is 17.3. The minimum Gasteiger partial charge on any atom is -0.311 e. The Labute approximate surface area is 188 Å². The van der Waals surface area contributed by atoms with Gasteiger partial charge in [-0.25, -0.2) is 8.78 Å². The highest BCUT2D eigenvalue weighted by Gasteiger charge is 2.59. The van der Waals surface area contributed by atoms with Crippen molar-refractivity contribution in [1.82, 2.24) is 4.90 Å². The predicted octanol–water partition coefficient (Wildman–Crippen LogP) is 4.86. The van der Waals surface area contributed by atoms with Crippen molar-refractivity contribution >= 4 is 29.3 Å².